The Morgan fingerprint density at radius 3 is 2.55 bits per heavy atom. The Kier molecular flexibility index (Phi) is 3.57. The molecule has 6 nitrogen and oxygen atoms in total. The summed E-state index contributed by atoms with van der Waals surface area (Å²) >= 11 is 0. The van der Waals surface area contributed by atoms with E-state index in [1.807, 2.05) is 36.4 Å². The van der Waals surface area contributed by atoms with Crippen molar-refractivity contribution < 1.29 is 9.53 Å². The van der Waals surface area contributed by atoms with Crippen LogP contribution in [0.1, 0.15) is 10.5 Å². The van der Waals surface area contributed by atoms with E-state index >= 15 is 0 Å². The number of amides is 1. The van der Waals surface area contributed by atoms with E-state index in [4.69, 9.17) is 10.5 Å². The van der Waals surface area contributed by atoms with Gasteiger partial charge in [-0.2, -0.15) is 5.10 Å². The van der Waals surface area contributed by atoms with Crippen LogP contribution in [0.4, 0.5) is 0 Å². The molecule has 0 aliphatic heterocycles. The van der Waals surface area contributed by atoms with Gasteiger partial charge in [0.15, 0.2) is 5.69 Å². The van der Waals surface area contributed by atoms with E-state index in [1.54, 1.807) is 30.1 Å². The average Bonchev–Trinajstić information content (AvgIpc) is 3.01. The van der Waals surface area contributed by atoms with Crippen molar-refractivity contribution in [2.24, 2.45) is 5.73 Å². The lowest BCUT2D eigenvalue weighted by molar-refractivity contribution is 0.0995. The van der Waals surface area contributed by atoms with Crippen LogP contribution in [-0.2, 0) is 0 Å². The number of rotatable bonds is 4. The molecule has 0 saturated heterocycles. The van der Waals surface area contributed by atoms with Gasteiger partial charge in [-0.05, 0) is 12.1 Å². The Hall–Kier alpha value is -3.15. The third-order valence-electron chi connectivity index (χ3n) is 3.21. The lowest BCUT2D eigenvalue weighted by Crippen LogP contribution is -2.12. The Bertz CT molecular complexity index is 795. The second-order valence-corrected chi connectivity index (χ2v) is 4.62. The molecule has 0 aliphatic rings. The number of methoxy groups -OCH3 is 1. The van der Waals surface area contributed by atoms with Crippen molar-refractivity contribution in [2.75, 3.05) is 7.11 Å². The molecule has 0 bridgehead atoms. The zero-order valence-electron chi connectivity index (χ0n) is 11.9. The maximum atomic E-state index is 11.4. The molecule has 3 rings (SSSR count). The second kappa shape index (κ2) is 5.69. The fourth-order valence-electron chi connectivity index (χ4n) is 2.13. The first-order chi connectivity index (χ1) is 10.7. The van der Waals surface area contributed by atoms with E-state index in [2.05, 4.69) is 10.1 Å². The molecule has 3 aromatic rings. The van der Waals surface area contributed by atoms with Crippen LogP contribution >= 0.6 is 0 Å². The molecule has 6 heteroatoms. The number of pyridine rings is 1. The minimum Gasteiger partial charge on any atom is -0.481 e. The van der Waals surface area contributed by atoms with Gasteiger partial charge in [0.1, 0.15) is 0 Å². The Morgan fingerprint density at radius 1 is 1.18 bits per heavy atom. The third kappa shape index (κ3) is 2.54. The van der Waals surface area contributed by atoms with Crippen molar-refractivity contribution in [1.82, 2.24) is 14.8 Å². The van der Waals surface area contributed by atoms with E-state index in [9.17, 15) is 4.79 Å². The molecular weight excluding hydrogens is 280 g/mol. The van der Waals surface area contributed by atoms with Crippen molar-refractivity contribution >= 4 is 5.91 Å². The van der Waals surface area contributed by atoms with Crippen molar-refractivity contribution in [3.8, 4) is 22.8 Å². The number of hydrogen-bond acceptors (Lipinski definition) is 4. The summed E-state index contributed by atoms with van der Waals surface area (Å²) in [6, 6.07) is 14.9. The number of hydrogen-bond donors (Lipinski definition) is 1. The Morgan fingerprint density at radius 2 is 1.95 bits per heavy atom. The first-order valence-corrected chi connectivity index (χ1v) is 6.65. The summed E-state index contributed by atoms with van der Waals surface area (Å²) in [5.41, 5.74) is 7.96. The number of benzene rings is 1. The number of carbonyl (C=O) groups excluding carboxylic acids is 1. The number of nitrogens with zero attached hydrogens (tertiary/aromatic N) is 3. The minimum absolute atomic E-state index is 0.203. The summed E-state index contributed by atoms with van der Waals surface area (Å²) in [5, 5.41) is 4.27. The highest BCUT2D eigenvalue weighted by atomic mass is 16.5. The molecule has 1 amide bonds. The minimum atomic E-state index is -0.572. The lowest BCUT2D eigenvalue weighted by Gasteiger charge is -2.07. The highest BCUT2D eigenvalue weighted by molar-refractivity contribution is 5.92. The molecule has 0 radical (unpaired) electrons. The normalized spacial score (nSPS) is 10.4. The van der Waals surface area contributed by atoms with Crippen LogP contribution in [0.2, 0.25) is 0 Å². The maximum absolute atomic E-state index is 11.4. The lowest BCUT2D eigenvalue weighted by atomic mass is 10.1. The van der Waals surface area contributed by atoms with Crippen molar-refractivity contribution in [3.05, 3.63) is 60.4 Å². The first kappa shape index (κ1) is 13.8. The number of ether oxygens (including phenoxy) is 1. The van der Waals surface area contributed by atoms with Gasteiger partial charge in [-0.3, -0.25) is 4.79 Å². The van der Waals surface area contributed by atoms with E-state index in [0.717, 1.165) is 11.3 Å². The van der Waals surface area contributed by atoms with E-state index in [0.29, 0.717) is 11.6 Å². The summed E-state index contributed by atoms with van der Waals surface area (Å²) in [6.45, 7) is 0. The van der Waals surface area contributed by atoms with Gasteiger partial charge in [0, 0.05) is 11.6 Å². The smallest absolute Gasteiger partial charge is 0.269 e. The Balaban J connectivity index is 2.14. The molecular formula is C16H14N4O2. The quantitative estimate of drug-likeness (QED) is 0.798. The molecule has 0 unspecified atom stereocenters. The van der Waals surface area contributed by atoms with E-state index < -0.39 is 5.91 Å². The molecule has 1 aromatic carbocycles. The van der Waals surface area contributed by atoms with Crippen molar-refractivity contribution in [1.29, 1.82) is 0 Å². The average molecular weight is 294 g/mol. The molecule has 22 heavy (non-hydrogen) atoms. The van der Waals surface area contributed by atoms with Crippen LogP contribution in [0, 0.1) is 0 Å². The van der Waals surface area contributed by atoms with E-state index in [1.165, 1.54) is 0 Å². The van der Waals surface area contributed by atoms with Crippen LogP contribution in [0.3, 0.4) is 0 Å². The van der Waals surface area contributed by atoms with Crippen LogP contribution in [0.25, 0.3) is 16.9 Å². The highest BCUT2D eigenvalue weighted by Crippen LogP contribution is 2.24. The van der Waals surface area contributed by atoms with Crippen LogP contribution in [0.15, 0.2) is 54.7 Å². The standard InChI is InChI=1S/C16H14N4O2/c1-22-15-8-7-12(10-18-15)20-14(9-13(19-20)16(17)21)11-5-3-2-4-6-11/h2-10H,1H3,(H2,17,21). The van der Waals surface area contributed by atoms with Gasteiger partial charge >= 0.3 is 0 Å². The van der Waals surface area contributed by atoms with Crippen LogP contribution in [0.5, 0.6) is 5.88 Å². The molecule has 2 N–H and O–H groups in total. The summed E-state index contributed by atoms with van der Waals surface area (Å²) in [7, 11) is 1.55. The van der Waals surface area contributed by atoms with Gasteiger partial charge in [-0.15, -0.1) is 0 Å². The molecule has 0 saturated carbocycles. The van der Waals surface area contributed by atoms with Gasteiger partial charge in [-0.1, -0.05) is 30.3 Å². The summed E-state index contributed by atoms with van der Waals surface area (Å²) < 4.78 is 6.69. The summed E-state index contributed by atoms with van der Waals surface area (Å²) in [5.74, 6) is -0.0651. The van der Waals surface area contributed by atoms with Gasteiger partial charge in [0.2, 0.25) is 5.88 Å². The molecule has 0 fully saturated rings. The zero-order valence-corrected chi connectivity index (χ0v) is 11.9. The largest absolute Gasteiger partial charge is 0.481 e. The van der Waals surface area contributed by atoms with Gasteiger partial charge < -0.3 is 10.5 Å². The fraction of sp³-hybridized carbons (Fsp3) is 0.0625. The summed E-state index contributed by atoms with van der Waals surface area (Å²) in [6.07, 6.45) is 1.63. The molecule has 0 spiro atoms. The Labute approximate surface area is 127 Å². The monoisotopic (exact) mass is 294 g/mol. The number of nitrogens with two attached hydrogens (primary N) is 1. The third-order valence-corrected chi connectivity index (χ3v) is 3.21. The molecule has 2 heterocycles. The highest BCUT2D eigenvalue weighted by Gasteiger charge is 2.14. The topological polar surface area (TPSA) is 83.0 Å². The van der Waals surface area contributed by atoms with Gasteiger partial charge in [-0.25, -0.2) is 9.67 Å². The van der Waals surface area contributed by atoms with Gasteiger partial charge in [0.05, 0.1) is 24.7 Å². The van der Waals surface area contributed by atoms with Crippen molar-refractivity contribution in [2.45, 2.75) is 0 Å². The molecule has 0 aliphatic carbocycles. The fourth-order valence-corrected chi connectivity index (χ4v) is 2.13. The first-order valence-electron chi connectivity index (χ1n) is 6.65. The second-order valence-electron chi connectivity index (χ2n) is 4.62. The number of aromatic nitrogens is 3. The molecule has 2 aromatic heterocycles. The predicted molar refractivity (Wildman–Crippen MR) is 81.9 cm³/mol. The van der Waals surface area contributed by atoms with Crippen LogP contribution < -0.4 is 10.5 Å². The van der Waals surface area contributed by atoms with Crippen LogP contribution in [-0.4, -0.2) is 27.8 Å². The zero-order chi connectivity index (χ0) is 15.5. The molecule has 0 atom stereocenters. The SMILES string of the molecule is COc1ccc(-n2nc(C(N)=O)cc2-c2ccccc2)cn1. The van der Waals surface area contributed by atoms with Gasteiger partial charge in [0.25, 0.3) is 5.91 Å². The van der Waals surface area contributed by atoms with E-state index in [-0.39, 0.29) is 5.69 Å². The summed E-state index contributed by atoms with van der Waals surface area (Å²) in [4.78, 5) is 15.6. The molecule has 110 valence electrons. The maximum Gasteiger partial charge on any atom is 0.269 e. The number of carbonyl (C=O) groups is 1. The number of primary amides is 1. The van der Waals surface area contributed by atoms with Crippen molar-refractivity contribution in [3.63, 3.8) is 0 Å². The predicted octanol–water partition coefficient (Wildman–Crippen LogP) is 2.04.